The van der Waals surface area contributed by atoms with Gasteiger partial charge in [0, 0.05) is 5.56 Å². The van der Waals surface area contributed by atoms with Crippen molar-refractivity contribution in [2.45, 2.75) is 19.3 Å². The number of hydrogen-bond acceptors (Lipinski definition) is 3. The van der Waals surface area contributed by atoms with Gasteiger partial charge in [-0.3, -0.25) is 0 Å². The van der Waals surface area contributed by atoms with Crippen molar-refractivity contribution in [3.05, 3.63) is 59.0 Å². The van der Waals surface area contributed by atoms with Crippen LogP contribution in [-0.4, -0.2) is 5.11 Å². The molecule has 3 heteroatoms. The van der Waals surface area contributed by atoms with E-state index in [1.165, 1.54) is 11.1 Å². The molecule has 0 amide bonds. The molecule has 82 valence electrons. The molecule has 16 heavy (non-hydrogen) atoms. The molecule has 1 atom stereocenters. The zero-order valence-corrected chi connectivity index (χ0v) is 8.72. The standard InChI is InChI=1S/C13H12O3/c14-13(11-3-4-15-7-11)9-1-2-10-6-16-8-12(10)5-9/h1-5,7,13-14H,6,8H2. The largest absolute Gasteiger partial charge is 0.472 e. The van der Waals surface area contributed by atoms with Crippen LogP contribution in [-0.2, 0) is 18.0 Å². The summed E-state index contributed by atoms with van der Waals surface area (Å²) in [4.78, 5) is 0. The lowest BCUT2D eigenvalue weighted by Crippen LogP contribution is -1.99. The highest BCUT2D eigenvalue weighted by molar-refractivity contribution is 5.37. The number of aliphatic hydroxyl groups excluding tert-OH is 1. The molecule has 0 radical (unpaired) electrons. The fourth-order valence-corrected chi connectivity index (χ4v) is 1.99. The third-order valence-electron chi connectivity index (χ3n) is 2.92. The van der Waals surface area contributed by atoms with Crippen LogP contribution < -0.4 is 0 Å². The molecule has 0 aliphatic carbocycles. The van der Waals surface area contributed by atoms with Gasteiger partial charge in [0.05, 0.1) is 25.7 Å². The van der Waals surface area contributed by atoms with Gasteiger partial charge in [0.15, 0.2) is 0 Å². The second-order valence-electron chi connectivity index (χ2n) is 3.98. The lowest BCUT2D eigenvalue weighted by Gasteiger charge is -2.09. The molecule has 3 nitrogen and oxygen atoms in total. The van der Waals surface area contributed by atoms with Gasteiger partial charge in [-0.25, -0.2) is 0 Å². The van der Waals surface area contributed by atoms with Gasteiger partial charge in [-0.05, 0) is 22.8 Å². The molecule has 1 N–H and O–H groups in total. The lowest BCUT2D eigenvalue weighted by atomic mass is 10.00. The minimum atomic E-state index is -0.621. The molecule has 2 heterocycles. The summed E-state index contributed by atoms with van der Waals surface area (Å²) < 4.78 is 10.3. The van der Waals surface area contributed by atoms with Crippen LogP contribution in [0.1, 0.15) is 28.4 Å². The van der Waals surface area contributed by atoms with E-state index in [-0.39, 0.29) is 0 Å². The Hall–Kier alpha value is -1.58. The van der Waals surface area contributed by atoms with E-state index in [1.807, 2.05) is 18.2 Å². The Morgan fingerprint density at radius 2 is 1.94 bits per heavy atom. The molecule has 0 saturated carbocycles. The monoisotopic (exact) mass is 216 g/mol. The molecule has 1 aromatic heterocycles. The van der Waals surface area contributed by atoms with Gasteiger partial charge in [-0.2, -0.15) is 0 Å². The molecule has 3 rings (SSSR count). The highest BCUT2D eigenvalue weighted by atomic mass is 16.5. The Morgan fingerprint density at radius 1 is 1.06 bits per heavy atom. The van der Waals surface area contributed by atoms with E-state index in [2.05, 4.69) is 0 Å². The minimum Gasteiger partial charge on any atom is -0.472 e. The number of furan rings is 1. The molecule has 1 unspecified atom stereocenters. The number of aliphatic hydroxyl groups is 1. The Kier molecular flexibility index (Phi) is 2.27. The third kappa shape index (κ3) is 1.54. The van der Waals surface area contributed by atoms with Crippen LogP contribution in [0.25, 0.3) is 0 Å². The number of fused-ring (bicyclic) bond motifs is 1. The summed E-state index contributed by atoms with van der Waals surface area (Å²) in [6.45, 7) is 1.32. The fourth-order valence-electron chi connectivity index (χ4n) is 1.99. The summed E-state index contributed by atoms with van der Waals surface area (Å²) in [5.74, 6) is 0. The Balaban J connectivity index is 1.95. The van der Waals surface area contributed by atoms with E-state index < -0.39 is 6.10 Å². The maximum Gasteiger partial charge on any atom is 0.107 e. The van der Waals surface area contributed by atoms with Gasteiger partial charge < -0.3 is 14.3 Å². The number of benzene rings is 1. The summed E-state index contributed by atoms with van der Waals surface area (Å²) in [6, 6.07) is 7.72. The van der Waals surface area contributed by atoms with Crippen molar-refractivity contribution in [1.29, 1.82) is 0 Å². The number of hydrogen-bond donors (Lipinski definition) is 1. The topological polar surface area (TPSA) is 42.6 Å². The van der Waals surface area contributed by atoms with E-state index in [9.17, 15) is 5.11 Å². The predicted octanol–water partition coefficient (Wildman–Crippen LogP) is 2.39. The van der Waals surface area contributed by atoms with Gasteiger partial charge >= 0.3 is 0 Å². The summed E-state index contributed by atoms with van der Waals surface area (Å²) >= 11 is 0. The summed E-state index contributed by atoms with van der Waals surface area (Å²) in [5.41, 5.74) is 4.03. The molecule has 2 aromatic rings. The highest BCUT2D eigenvalue weighted by Gasteiger charge is 2.16. The zero-order valence-electron chi connectivity index (χ0n) is 8.72. The van der Waals surface area contributed by atoms with Crippen molar-refractivity contribution in [1.82, 2.24) is 0 Å². The van der Waals surface area contributed by atoms with Crippen LogP contribution in [0.4, 0.5) is 0 Å². The van der Waals surface area contributed by atoms with Crippen LogP contribution in [0.2, 0.25) is 0 Å². The van der Waals surface area contributed by atoms with E-state index in [0.29, 0.717) is 13.2 Å². The quantitative estimate of drug-likeness (QED) is 0.838. The average Bonchev–Trinajstić information content (AvgIpc) is 2.98. The maximum atomic E-state index is 10.1. The van der Waals surface area contributed by atoms with Gasteiger partial charge in [-0.15, -0.1) is 0 Å². The second kappa shape index (κ2) is 3.77. The first-order chi connectivity index (χ1) is 7.84. The van der Waals surface area contributed by atoms with Crippen molar-refractivity contribution in [3.8, 4) is 0 Å². The summed E-state index contributed by atoms with van der Waals surface area (Å²) in [5, 5.41) is 10.1. The van der Waals surface area contributed by atoms with E-state index in [0.717, 1.165) is 11.1 Å². The van der Waals surface area contributed by atoms with E-state index in [1.54, 1.807) is 18.6 Å². The first-order valence-corrected chi connectivity index (χ1v) is 5.24. The zero-order chi connectivity index (χ0) is 11.0. The van der Waals surface area contributed by atoms with E-state index in [4.69, 9.17) is 9.15 Å². The van der Waals surface area contributed by atoms with Crippen LogP contribution >= 0.6 is 0 Å². The smallest absolute Gasteiger partial charge is 0.107 e. The third-order valence-corrected chi connectivity index (χ3v) is 2.92. The molecule has 0 fully saturated rings. The van der Waals surface area contributed by atoms with Gasteiger partial charge in [0.2, 0.25) is 0 Å². The van der Waals surface area contributed by atoms with Gasteiger partial charge in [-0.1, -0.05) is 18.2 Å². The maximum absolute atomic E-state index is 10.1. The molecule has 1 aliphatic rings. The van der Waals surface area contributed by atoms with Crippen molar-refractivity contribution < 1.29 is 14.3 Å². The number of ether oxygens (including phenoxy) is 1. The van der Waals surface area contributed by atoms with E-state index >= 15 is 0 Å². The van der Waals surface area contributed by atoms with Gasteiger partial charge in [0.25, 0.3) is 0 Å². The molecule has 1 aromatic carbocycles. The van der Waals surface area contributed by atoms with Crippen LogP contribution in [0.5, 0.6) is 0 Å². The van der Waals surface area contributed by atoms with Crippen LogP contribution in [0.3, 0.4) is 0 Å². The average molecular weight is 216 g/mol. The molecule has 1 aliphatic heterocycles. The molecular weight excluding hydrogens is 204 g/mol. The first kappa shape index (κ1) is 9.63. The molecule has 0 bridgehead atoms. The van der Waals surface area contributed by atoms with Crippen LogP contribution in [0.15, 0.2) is 41.2 Å². The van der Waals surface area contributed by atoms with Crippen LogP contribution in [0, 0.1) is 0 Å². The molecule has 0 spiro atoms. The Morgan fingerprint density at radius 3 is 2.75 bits per heavy atom. The molecule has 0 saturated heterocycles. The summed E-state index contributed by atoms with van der Waals surface area (Å²) in [7, 11) is 0. The highest BCUT2D eigenvalue weighted by Crippen LogP contribution is 2.27. The Labute approximate surface area is 93.3 Å². The van der Waals surface area contributed by atoms with Crippen molar-refractivity contribution >= 4 is 0 Å². The summed E-state index contributed by atoms with van der Waals surface area (Å²) in [6.07, 6.45) is 2.51. The second-order valence-corrected chi connectivity index (χ2v) is 3.98. The first-order valence-electron chi connectivity index (χ1n) is 5.24. The minimum absolute atomic E-state index is 0.621. The Bertz CT molecular complexity index is 488. The number of rotatable bonds is 2. The SMILES string of the molecule is OC(c1ccoc1)c1ccc2c(c1)COC2. The van der Waals surface area contributed by atoms with Gasteiger partial charge in [0.1, 0.15) is 6.10 Å². The fraction of sp³-hybridized carbons (Fsp3) is 0.231. The molecular formula is C13H12O3. The van der Waals surface area contributed by atoms with Crippen molar-refractivity contribution in [3.63, 3.8) is 0 Å². The van der Waals surface area contributed by atoms with Crippen molar-refractivity contribution in [2.24, 2.45) is 0 Å². The van der Waals surface area contributed by atoms with Crippen molar-refractivity contribution in [2.75, 3.05) is 0 Å². The lowest BCUT2D eigenvalue weighted by molar-refractivity contribution is 0.134. The normalized spacial score (nSPS) is 16.1. The predicted molar refractivity (Wildman–Crippen MR) is 57.7 cm³/mol.